The Balaban J connectivity index is 2.74. The van der Waals surface area contributed by atoms with Gasteiger partial charge in [0.05, 0.1) is 5.02 Å². The lowest BCUT2D eigenvalue weighted by molar-refractivity contribution is 0.494. The van der Waals surface area contributed by atoms with E-state index in [4.69, 9.17) is 11.6 Å². The van der Waals surface area contributed by atoms with Crippen LogP contribution in [-0.2, 0) is 0 Å². The number of pyridine rings is 1. The van der Waals surface area contributed by atoms with Gasteiger partial charge >= 0.3 is 0 Å². The van der Waals surface area contributed by atoms with E-state index in [1.54, 1.807) is 12.4 Å². The van der Waals surface area contributed by atoms with Gasteiger partial charge in [-0.2, -0.15) is 0 Å². The summed E-state index contributed by atoms with van der Waals surface area (Å²) in [6.07, 6.45) is 7.08. The Hall–Kier alpha value is -0.600. The summed E-state index contributed by atoms with van der Waals surface area (Å²) in [5, 5.41) is 4.23. The molecule has 3 heteroatoms. The van der Waals surface area contributed by atoms with Gasteiger partial charge in [0.1, 0.15) is 0 Å². The average molecular weight is 227 g/mol. The molecule has 0 aliphatic rings. The van der Waals surface area contributed by atoms with Gasteiger partial charge in [-0.15, -0.1) is 0 Å². The van der Waals surface area contributed by atoms with Gasteiger partial charge in [-0.25, -0.2) is 0 Å². The molecule has 0 radical (unpaired) electrons. The van der Waals surface area contributed by atoms with E-state index in [0.29, 0.717) is 6.04 Å². The number of nitrogens with zero attached hydrogens (tertiary/aromatic N) is 1. The molecule has 1 atom stereocenters. The molecule has 1 N–H and O–H groups in total. The third-order valence-electron chi connectivity index (χ3n) is 2.48. The minimum absolute atomic E-state index is 0.366. The maximum absolute atomic E-state index is 6.13. The van der Waals surface area contributed by atoms with E-state index < -0.39 is 0 Å². The molecular weight excluding hydrogens is 208 g/mol. The summed E-state index contributed by atoms with van der Waals surface area (Å²) in [5.41, 5.74) is 1.17. The van der Waals surface area contributed by atoms with Crippen LogP contribution in [0.1, 0.15) is 44.7 Å². The van der Waals surface area contributed by atoms with Crippen molar-refractivity contribution in [1.29, 1.82) is 0 Å². The quantitative estimate of drug-likeness (QED) is 0.802. The summed E-state index contributed by atoms with van der Waals surface area (Å²) < 4.78 is 0. The molecule has 0 fully saturated rings. The topological polar surface area (TPSA) is 24.9 Å². The molecule has 2 nitrogen and oxygen atoms in total. The molecule has 0 saturated carbocycles. The lowest BCUT2D eigenvalue weighted by Crippen LogP contribution is -2.21. The fraction of sp³-hybridized carbons (Fsp3) is 0.583. The second kappa shape index (κ2) is 6.81. The van der Waals surface area contributed by atoms with Crippen molar-refractivity contribution in [2.24, 2.45) is 0 Å². The lowest BCUT2D eigenvalue weighted by Gasteiger charge is -2.18. The fourth-order valence-corrected chi connectivity index (χ4v) is 1.94. The number of nitrogens with one attached hydrogen (secondary N) is 1. The summed E-state index contributed by atoms with van der Waals surface area (Å²) in [6, 6.07) is 2.37. The molecule has 1 heterocycles. The van der Waals surface area contributed by atoms with E-state index in [9.17, 15) is 0 Å². The number of halogens is 1. The van der Waals surface area contributed by atoms with E-state index in [1.807, 2.05) is 6.07 Å². The zero-order valence-corrected chi connectivity index (χ0v) is 10.2. The van der Waals surface area contributed by atoms with Crippen LogP contribution in [0.25, 0.3) is 0 Å². The number of aromatic nitrogens is 1. The minimum atomic E-state index is 0.366. The molecule has 0 saturated heterocycles. The van der Waals surface area contributed by atoms with E-state index >= 15 is 0 Å². The summed E-state index contributed by atoms with van der Waals surface area (Å²) in [5.74, 6) is 0. The van der Waals surface area contributed by atoms with Crippen molar-refractivity contribution in [2.75, 3.05) is 6.54 Å². The Morgan fingerprint density at radius 1 is 1.47 bits per heavy atom. The minimum Gasteiger partial charge on any atom is -0.310 e. The molecule has 0 aliphatic heterocycles. The van der Waals surface area contributed by atoms with Crippen LogP contribution >= 0.6 is 11.6 Å². The Morgan fingerprint density at radius 3 is 2.87 bits per heavy atom. The van der Waals surface area contributed by atoms with Gasteiger partial charge in [0.2, 0.25) is 0 Å². The number of unbranched alkanes of at least 4 members (excludes halogenated alkanes) is 1. The van der Waals surface area contributed by atoms with Crippen LogP contribution in [0.4, 0.5) is 0 Å². The summed E-state index contributed by atoms with van der Waals surface area (Å²) >= 11 is 6.13. The molecule has 0 amide bonds. The molecule has 1 aromatic heterocycles. The van der Waals surface area contributed by atoms with Gasteiger partial charge in [0, 0.05) is 18.4 Å². The predicted molar refractivity (Wildman–Crippen MR) is 65.2 cm³/mol. The third-order valence-corrected chi connectivity index (χ3v) is 2.79. The van der Waals surface area contributed by atoms with Gasteiger partial charge in [-0.3, -0.25) is 4.98 Å². The predicted octanol–water partition coefficient (Wildman–Crippen LogP) is 3.58. The Kier molecular flexibility index (Phi) is 5.66. The van der Waals surface area contributed by atoms with Gasteiger partial charge in [-0.05, 0) is 24.6 Å². The molecule has 0 aliphatic carbocycles. The molecule has 84 valence electrons. The van der Waals surface area contributed by atoms with Crippen LogP contribution in [0.5, 0.6) is 0 Å². The van der Waals surface area contributed by atoms with Gasteiger partial charge < -0.3 is 5.32 Å². The fourth-order valence-electron chi connectivity index (χ4n) is 1.69. The van der Waals surface area contributed by atoms with Crippen molar-refractivity contribution >= 4 is 11.6 Å². The second-order valence-corrected chi connectivity index (χ2v) is 4.06. The van der Waals surface area contributed by atoms with Gasteiger partial charge in [0.15, 0.2) is 0 Å². The highest BCUT2D eigenvalue weighted by Gasteiger charge is 2.12. The lowest BCUT2D eigenvalue weighted by atomic mass is 10.0. The standard InChI is InChI=1S/C12H19ClN2/c1-3-5-6-12(15-4-2)10-7-8-14-9-11(10)13/h7-9,12,15H,3-6H2,1-2H3. The van der Waals surface area contributed by atoms with Crippen molar-refractivity contribution in [2.45, 2.75) is 39.2 Å². The Morgan fingerprint density at radius 2 is 2.27 bits per heavy atom. The van der Waals surface area contributed by atoms with E-state index in [2.05, 4.69) is 24.1 Å². The van der Waals surface area contributed by atoms with Gasteiger partial charge in [-0.1, -0.05) is 38.3 Å². The Bertz CT molecular complexity index is 289. The number of hydrogen-bond acceptors (Lipinski definition) is 2. The highest BCUT2D eigenvalue weighted by atomic mass is 35.5. The van der Waals surface area contributed by atoms with Crippen molar-refractivity contribution < 1.29 is 0 Å². The van der Waals surface area contributed by atoms with Crippen molar-refractivity contribution in [3.8, 4) is 0 Å². The summed E-state index contributed by atoms with van der Waals surface area (Å²) in [4.78, 5) is 4.01. The molecule has 15 heavy (non-hydrogen) atoms. The highest BCUT2D eigenvalue weighted by Crippen LogP contribution is 2.25. The summed E-state index contributed by atoms with van der Waals surface area (Å²) in [7, 11) is 0. The maximum Gasteiger partial charge on any atom is 0.0637 e. The van der Waals surface area contributed by atoms with Crippen molar-refractivity contribution in [3.63, 3.8) is 0 Å². The molecule has 1 unspecified atom stereocenters. The van der Waals surface area contributed by atoms with E-state index in [-0.39, 0.29) is 0 Å². The molecule has 1 aromatic rings. The SMILES string of the molecule is CCCCC(NCC)c1ccncc1Cl. The van der Waals surface area contributed by atoms with Crippen LogP contribution < -0.4 is 5.32 Å². The molecule has 0 spiro atoms. The third kappa shape index (κ3) is 3.80. The molecule has 1 rings (SSSR count). The largest absolute Gasteiger partial charge is 0.310 e. The monoisotopic (exact) mass is 226 g/mol. The zero-order chi connectivity index (χ0) is 11.1. The first kappa shape index (κ1) is 12.5. The molecule has 0 bridgehead atoms. The average Bonchev–Trinajstić information content (AvgIpc) is 2.25. The van der Waals surface area contributed by atoms with Crippen molar-refractivity contribution in [1.82, 2.24) is 10.3 Å². The normalized spacial score (nSPS) is 12.7. The van der Waals surface area contributed by atoms with E-state index in [1.165, 1.54) is 18.4 Å². The smallest absolute Gasteiger partial charge is 0.0637 e. The van der Waals surface area contributed by atoms with Crippen molar-refractivity contribution in [3.05, 3.63) is 29.0 Å². The van der Waals surface area contributed by atoms with Crippen LogP contribution in [0.15, 0.2) is 18.5 Å². The molecule has 0 aromatic carbocycles. The van der Waals surface area contributed by atoms with Crippen LogP contribution in [0, 0.1) is 0 Å². The molecular formula is C12H19ClN2. The summed E-state index contributed by atoms with van der Waals surface area (Å²) in [6.45, 7) is 5.29. The maximum atomic E-state index is 6.13. The van der Waals surface area contributed by atoms with Crippen LogP contribution in [0.3, 0.4) is 0 Å². The Labute approximate surface area is 97.1 Å². The number of hydrogen-bond donors (Lipinski definition) is 1. The van der Waals surface area contributed by atoms with Crippen LogP contribution in [0.2, 0.25) is 5.02 Å². The van der Waals surface area contributed by atoms with Crippen LogP contribution in [-0.4, -0.2) is 11.5 Å². The number of rotatable bonds is 6. The first-order chi connectivity index (χ1) is 7.29. The first-order valence-corrected chi connectivity index (χ1v) is 6.00. The van der Waals surface area contributed by atoms with E-state index in [0.717, 1.165) is 18.0 Å². The second-order valence-electron chi connectivity index (χ2n) is 3.65. The first-order valence-electron chi connectivity index (χ1n) is 5.62. The zero-order valence-electron chi connectivity index (χ0n) is 9.46. The van der Waals surface area contributed by atoms with Gasteiger partial charge in [0.25, 0.3) is 0 Å². The highest BCUT2D eigenvalue weighted by molar-refractivity contribution is 6.31.